The number of amides is 1. The van der Waals surface area contributed by atoms with Crippen LogP contribution in [0.15, 0.2) is 0 Å². The van der Waals surface area contributed by atoms with E-state index in [9.17, 15) is 14.9 Å². The van der Waals surface area contributed by atoms with Crippen molar-refractivity contribution < 1.29 is 9.72 Å². The SMILES string of the molecule is CC(C)Cc1nn(C)c(C(N)=O)c1[N+](=O)[O-]. The minimum atomic E-state index is -0.836. The maximum Gasteiger partial charge on any atom is 0.323 e. The first-order valence-corrected chi connectivity index (χ1v) is 4.84. The van der Waals surface area contributed by atoms with Crippen LogP contribution in [0.4, 0.5) is 5.69 Å². The molecule has 0 aliphatic rings. The lowest BCUT2D eigenvalue weighted by atomic mass is 10.1. The summed E-state index contributed by atoms with van der Waals surface area (Å²) in [6, 6.07) is 0. The smallest absolute Gasteiger partial charge is 0.323 e. The molecule has 7 heteroatoms. The van der Waals surface area contributed by atoms with Gasteiger partial charge in [0.15, 0.2) is 0 Å². The van der Waals surface area contributed by atoms with Crippen LogP contribution in [0.5, 0.6) is 0 Å². The van der Waals surface area contributed by atoms with Gasteiger partial charge in [0.1, 0.15) is 5.69 Å². The Kier molecular flexibility index (Phi) is 3.26. The first-order chi connectivity index (χ1) is 7.34. The quantitative estimate of drug-likeness (QED) is 0.600. The van der Waals surface area contributed by atoms with Gasteiger partial charge in [-0.3, -0.25) is 19.6 Å². The Morgan fingerprint density at radius 3 is 2.56 bits per heavy atom. The van der Waals surface area contributed by atoms with Gasteiger partial charge in [-0.1, -0.05) is 13.8 Å². The highest BCUT2D eigenvalue weighted by atomic mass is 16.6. The van der Waals surface area contributed by atoms with Gasteiger partial charge in [0, 0.05) is 13.5 Å². The molecule has 0 atom stereocenters. The van der Waals surface area contributed by atoms with Gasteiger partial charge in [0.2, 0.25) is 5.69 Å². The van der Waals surface area contributed by atoms with E-state index in [1.54, 1.807) is 0 Å². The van der Waals surface area contributed by atoms with Crippen LogP contribution in [0, 0.1) is 16.0 Å². The molecule has 0 saturated heterocycles. The number of nitrogens with two attached hydrogens (primary N) is 1. The second-order valence-corrected chi connectivity index (χ2v) is 3.99. The molecule has 1 rings (SSSR count). The summed E-state index contributed by atoms with van der Waals surface area (Å²) in [5.74, 6) is -0.619. The molecule has 16 heavy (non-hydrogen) atoms. The van der Waals surface area contributed by atoms with Crippen LogP contribution in [0.2, 0.25) is 0 Å². The zero-order valence-electron chi connectivity index (χ0n) is 9.43. The van der Waals surface area contributed by atoms with Crippen LogP contribution in [0.3, 0.4) is 0 Å². The van der Waals surface area contributed by atoms with Crippen LogP contribution >= 0.6 is 0 Å². The molecule has 0 unspecified atom stereocenters. The second-order valence-electron chi connectivity index (χ2n) is 3.99. The molecule has 0 fully saturated rings. The number of hydrogen-bond acceptors (Lipinski definition) is 4. The highest BCUT2D eigenvalue weighted by Crippen LogP contribution is 2.24. The molecular formula is C9H14N4O3. The van der Waals surface area contributed by atoms with Gasteiger partial charge in [0.25, 0.3) is 5.91 Å². The number of aromatic nitrogens is 2. The van der Waals surface area contributed by atoms with E-state index in [4.69, 9.17) is 5.73 Å². The molecule has 1 amide bonds. The predicted octanol–water partition coefficient (Wildman–Crippen LogP) is 0.626. The minimum absolute atomic E-state index is 0.152. The average Bonchev–Trinajstić information content (AvgIpc) is 2.40. The maximum absolute atomic E-state index is 11.1. The number of nitrogens with zero attached hydrogens (tertiary/aromatic N) is 3. The lowest BCUT2D eigenvalue weighted by molar-refractivity contribution is -0.385. The standard InChI is InChI=1S/C9H14N4O3/c1-5(2)4-6-7(13(15)16)8(9(10)14)12(3)11-6/h5H,4H2,1-3H3,(H2,10,14). The molecule has 0 aliphatic carbocycles. The van der Waals surface area contributed by atoms with Gasteiger partial charge in [0.05, 0.1) is 4.92 Å². The molecule has 2 N–H and O–H groups in total. The molecule has 88 valence electrons. The van der Waals surface area contributed by atoms with Crippen molar-refractivity contribution in [2.45, 2.75) is 20.3 Å². The lowest BCUT2D eigenvalue weighted by Crippen LogP contribution is -2.17. The normalized spacial score (nSPS) is 10.8. The fourth-order valence-electron chi connectivity index (χ4n) is 1.56. The molecule has 0 spiro atoms. The molecule has 1 aromatic heterocycles. The van der Waals surface area contributed by atoms with Gasteiger partial charge in [-0.15, -0.1) is 0 Å². The van der Waals surface area contributed by atoms with Crippen molar-refractivity contribution >= 4 is 11.6 Å². The Labute approximate surface area is 92.4 Å². The first kappa shape index (κ1) is 12.2. The van der Waals surface area contributed by atoms with E-state index in [1.165, 1.54) is 7.05 Å². The number of carbonyl (C=O) groups is 1. The zero-order valence-corrected chi connectivity index (χ0v) is 9.43. The summed E-state index contributed by atoms with van der Waals surface area (Å²) in [6.07, 6.45) is 0.442. The van der Waals surface area contributed by atoms with Gasteiger partial charge in [-0.25, -0.2) is 0 Å². The predicted molar refractivity (Wildman–Crippen MR) is 56.9 cm³/mol. The van der Waals surface area contributed by atoms with Crippen molar-refractivity contribution in [3.8, 4) is 0 Å². The number of carbonyl (C=O) groups excluding carboxylic acids is 1. The number of nitro groups is 1. The Bertz CT molecular complexity index is 436. The summed E-state index contributed by atoms with van der Waals surface area (Å²) in [4.78, 5) is 21.4. The highest BCUT2D eigenvalue weighted by molar-refractivity contribution is 5.95. The fraction of sp³-hybridized carbons (Fsp3) is 0.556. The summed E-state index contributed by atoms with van der Waals surface area (Å²) < 4.78 is 1.16. The summed E-state index contributed by atoms with van der Waals surface area (Å²) >= 11 is 0. The van der Waals surface area contributed by atoms with E-state index in [2.05, 4.69) is 5.10 Å². The van der Waals surface area contributed by atoms with Crippen molar-refractivity contribution in [2.24, 2.45) is 18.7 Å². The van der Waals surface area contributed by atoms with Gasteiger partial charge < -0.3 is 5.73 Å². The Hall–Kier alpha value is -1.92. The summed E-state index contributed by atoms with van der Waals surface area (Å²) in [6.45, 7) is 3.84. The number of hydrogen-bond donors (Lipinski definition) is 1. The Morgan fingerprint density at radius 1 is 1.62 bits per heavy atom. The van der Waals surface area contributed by atoms with E-state index in [0.29, 0.717) is 12.1 Å². The first-order valence-electron chi connectivity index (χ1n) is 4.84. The van der Waals surface area contributed by atoms with E-state index in [1.807, 2.05) is 13.8 Å². The van der Waals surface area contributed by atoms with Crippen molar-refractivity contribution in [3.63, 3.8) is 0 Å². The number of aryl methyl sites for hydroxylation is 1. The maximum atomic E-state index is 11.1. The topological polar surface area (TPSA) is 104 Å². The van der Waals surface area contributed by atoms with Crippen molar-refractivity contribution in [2.75, 3.05) is 0 Å². The van der Waals surface area contributed by atoms with E-state index in [0.717, 1.165) is 4.68 Å². The van der Waals surface area contributed by atoms with Crippen LogP contribution in [0.25, 0.3) is 0 Å². The molecule has 0 aliphatic heterocycles. The van der Waals surface area contributed by atoms with Crippen LogP contribution in [-0.4, -0.2) is 20.6 Å². The van der Waals surface area contributed by atoms with Gasteiger partial charge in [-0.2, -0.15) is 5.10 Å². The van der Waals surface area contributed by atoms with Crippen LogP contribution in [-0.2, 0) is 13.5 Å². The molecule has 1 aromatic rings. The van der Waals surface area contributed by atoms with E-state index < -0.39 is 10.8 Å². The van der Waals surface area contributed by atoms with E-state index in [-0.39, 0.29) is 17.3 Å². The number of primary amides is 1. The monoisotopic (exact) mass is 226 g/mol. The Balaban J connectivity index is 3.35. The second kappa shape index (κ2) is 4.30. The lowest BCUT2D eigenvalue weighted by Gasteiger charge is -1.99. The fourth-order valence-corrected chi connectivity index (χ4v) is 1.56. The summed E-state index contributed by atoms with van der Waals surface area (Å²) in [5.41, 5.74) is 4.97. The van der Waals surface area contributed by atoms with Crippen molar-refractivity contribution in [1.29, 1.82) is 0 Å². The van der Waals surface area contributed by atoms with E-state index >= 15 is 0 Å². The molecule has 0 saturated carbocycles. The molecule has 1 heterocycles. The highest BCUT2D eigenvalue weighted by Gasteiger charge is 2.29. The Morgan fingerprint density at radius 2 is 2.19 bits per heavy atom. The zero-order chi connectivity index (χ0) is 12.5. The third-order valence-corrected chi connectivity index (χ3v) is 2.11. The van der Waals surface area contributed by atoms with Gasteiger partial charge in [-0.05, 0) is 5.92 Å². The van der Waals surface area contributed by atoms with Crippen LogP contribution < -0.4 is 5.73 Å². The molecule has 7 nitrogen and oxygen atoms in total. The van der Waals surface area contributed by atoms with Crippen molar-refractivity contribution in [3.05, 3.63) is 21.5 Å². The minimum Gasteiger partial charge on any atom is -0.364 e. The summed E-state index contributed by atoms with van der Waals surface area (Å²) in [7, 11) is 1.47. The molecule has 0 aromatic carbocycles. The third-order valence-electron chi connectivity index (χ3n) is 2.11. The van der Waals surface area contributed by atoms with Crippen molar-refractivity contribution in [1.82, 2.24) is 9.78 Å². The molecular weight excluding hydrogens is 212 g/mol. The summed E-state index contributed by atoms with van der Waals surface area (Å²) in [5, 5.41) is 14.9. The molecule has 0 bridgehead atoms. The third kappa shape index (κ3) is 2.18. The van der Waals surface area contributed by atoms with Gasteiger partial charge >= 0.3 is 5.69 Å². The average molecular weight is 226 g/mol. The number of rotatable bonds is 4. The largest absolute Gasteiger partial charge is 0.364 e. The van der Waals surface area contributed by atoms with Crippen LogP contribution in [0.1, 0.15) is 30.0 Å². The molecule has 0 radical (unpaired) electrons.